The highest BCUT2D eigenvalue weighted by atomic mass is 16.4. The fourth-order valence-corrected chi connectivity index (χ4v) is 1.63. The smallest absolute Gasteiger partial charge is 0.247 e. The van der Waals surface area contributed by atoms with Gasteiger partial charge < -0.3 is 29.7 Å². The van der Waals surface area contributed by atoms with E-state index in [1.54, 1.807) is 12.1 Å². The number of aromatic nitrogens is 2. The van der Waals surface area contributed by atoms with Gasteiger partial charge in [0.2, 0.25) is 5.95 Å². The topological polar surface area (TPSA) is 137 Å². The number of carbonyl (C=O) groups is 2. The van der Waals surface area contributed by atoms with E-state index in [9.17, 15) is 19.8 Å². The van der Waals surface area contributed by atoms with E-state index in [-0.39, 0.29) is 5.95 Å². The Morgan fingerprint density at radius 2 is 1.73 bits per heavy atom. The first-order chi connectivity index (χ1) is 10.4. The molecule has 0 spiro atoms. The van der Waals surface area contributed by atoms with Crippen LogP contribution in [0.4, 0.5) is 17.3 Å². The summed E-state index contributed by atoms with van der Waals surface area (Å²) < 4.78 is 0. The van der Waals surface area contributed by atoms with Gasteiger partial charge in [0.05, 0.1) is 23.3 Å². The Labute approximate surface area is 124 Å². The molecule has 0 radical (unpaired) electrons. The summed E-state index contributed by atoms with van der Waals surface area (Å²) in [6.45, 7) is 0. The fourth-order valence-electron chi connectivity index (χ4n) is 1.63. The Hall–Kier alpha value is -3.23. The quantitative estimate of drug-likeness (QED) is 0.747. The van der Waals surface area contributed by atoms with E-state index in [4.69, 9.17) is 0 Å². The molecule has 9 nitrogen and oxygen atoms in total. The number of imidazole rings is 1. The van der Waals surface area contributed by atoms with Crippen molar-refractivity contribution < 1.29 is 19.8 Å². The molecule has 1 heterocycles. The molecule has 0 aliphatic carbocycles. The number of anilines is 1. The molecule has 0 saturated carbocycles. The normalized spacial score (nSPS) is 10.8. The Morgan fingerprint density at radius 1 is 1.09 bits per heavy atom. The average Bonchev–Trinajstić information content (AvgIpc) is 2.90. The summed E-state index contributed by atoms with van der Waals surface area (Å²) in [6, 6.07) is 7.02. The van der Waals surface area contributed by atoms with Crippen molar-refractivity contribution in [3.63, 3.8) is 0 Å². The summed E-state index contributed by atoms with van der Waals surface area (Å²) in [5, 5.41) is 29.0. The lowest BCUT2D eigenvalue weighted by molar-refractivity contribution is -0.260. The van der Waals surface area contributed by atoms with Crippen LogP contribution < -0.4 is 15.1 Å². The standard InChI is InChI=1S/C13H13N5O4/c1-18(2)8-5-3-7(4-6-8)16-17-13-14-9(11(19)20)10(15-13)12(21)22/h3-6H,1-2H3,(H,14,15)(H,19,20)(H,21,22)/p-2. The van der Waals surface area contributed by atoms with Gasteiger partial charge >= 0.3 is 0 Å². The first-order valence-corrected chi connectivity index (χ1v) is 6.10. The zero-order valence-electron chi connectivity index (χ0n) is 11.7. The first kappa shape index (κ1) is 15.2. The summed E-state index contributed by atoms with van der Waals surface area (Å²) in [6.07, 6.45) is 0. The largest absolute Gasteiger partial charge is 0.543 e. The number of carbonyl (C=O) groups excluding carboxylic acids is 2. The molecule has 9 heteroatoms. The minimum atomic E-state index is -1.74. The number of benzene rings is 1. The third-order valence-corrected chi connectivity index (χ3v) is 2.72. The molecule has 2 rings (SSSR count). The second kappa shape index (κ2) is 6.04. The zero-order chi connectivity index (χ0) is 16.3. The highest BCUT2D eigenvalue weighted by Crippen LogP contribution is 2.20. The lowest BCUT2D eigenvalue weighted by atomic mass is 10.3. The Morgan fingerprint density at radius 3 is 2.18 bits per heavy atom. The molecule has 1 aromatic carbocycles. The summed E-state index contributed by atoms with van der Waals surface area (Å²) in [4.78, 5) is 29.1. The number of carboxylic acid groups (broad SMARTS) is 2. The van der Waals surface area contributed by atoms with Crippen molar-refractivity contribution in [1.82, 2.24) is 9.97 Å². The molecule has 0 saturated heterocycles. The van der Waals surface area contributed by atoms with Crippen LogP contribution in [0.5, 0.6) is 0 Å². The van der Waals surface area contributed by atoms with E-state index in [0.29, 0.717) is 5.69 Å². The van der Waals surface area contributed by atoms with Gasteiger partial charge in [-0.15, -0.1) is 10.2 Å². The fraction of sp³-hybridized carbons (Fsp3) is 0.154. The molecule has 1 N–H and O–H groups in total. The summed E-state index contributed by atoms with van der Waals surface area (Å²) in [5.41, 5.74) is -0.0313. The predicted octanol–water partition coefficient (Wildman–Crippen LogP) is -0.382. The molecule has 1 aromatic heterocycles. The maximum atomic E-state index is 10.8. The lowest BCUT2D eigenvalue weighted by Crippen LogP contribution is -2.30. The highest BCUT2D eigenvalue weighted by Gasteiger charge is 2.11. The van der Waals surface area contributed by atoms with E-state index in [1.807, 2.05) is 31.1 Å². The average molecular weight is 301 g/mol. The van der Waals surface area contributed by atoms with Gasteiger partial charge in [0, 0.05) is 19.8 Å². The van der Waals surface area contributed by atoms with Crippen LogP contribution in [0.1, 0.15) is 21.0 Å². The van der Waals surface area contributed by atoms with Crippen molar-refractivity contribution in [3.05, 3.63) is 35.7 Å². The van der Waals surface area contributed by atoms with E-state index >= 15 is 0 Å². The number of rotatable bonds is 5. The molecule has 0 amide bonds. The van der Waals surface area contributed by atoms with E-state index in [2.05, 4.69) is 20.2 Å². The van der Waals surface area contributed by atoms with Crippen molar-refractivity contribution in [2.24, 2.45) is 10.2 Å². The number of aromatic amines is 1. The molecule has 0 bridgehead atoms. The van der Waals surface area contributed by atoms with E-state index in [1.165, 1.54) is 0 Å². The van der Waals surface area contributed by atoms with Gasteiger partial charge in [0.25, 0.3) is 0 Å². The maximum Gasteiger partial charge on any atom is 0.247 e. The number of H-pyrrole nitrogens is 1. The molecule has 114 valence electrons. The van der Waals surface area contributed by atoms with Crippen LogP contribution in [0.15, 0.2) is 34.5 Å². The summed E-state index contributed by atoms with van der Waals surface area (Å²) in [5.74, 6) is -3.73. The molecule has 0 atom stereocenters. The van der Waals surface area contributed by atoms with Crippen LogP contribution in [0, 0.1) is 0 Å². The van der Waals surface area contributed by atoms with Crippen LogP contribution >= 0.6 is 0 Å². The van der Waals surface area contributed by atoms with Crippen LogP contribution in [0.25, 0.3) is 0 Å². The third kappa shape index (κ3) is 3.26. The number of nitrogens with zero attached hydrogens (tertiary/aromatic N) is 4. The lowest BCUT2D eigenvalue weighted by Gasteiger charge is -2.11. The molecular formula is C13H11N5O4-2. The van der Waals surface area contributed by atoms with Crippen molar-refractivity contribution >= 4 is 29.3 Å². The molecule has 0 aliphatic heterocycles. The first-order valence-electron chi connectivity index (χ1n) is 6.10. The van der Waals surface area contributed by atoms with E-state index < -0.39 is 23.3 Å². The molecular weight excluding hydrogens is 290 g/mol. The van der Waals surface area contributed by atoms with Gasteiger partial charge in [0.15, 0.2) is 0 Å². The number of hydrogen-bond acceptors (Lipinski definition) is 8. The molecule has 0 unspecified atom stereocenters. The van der Waals surface area contributed by atoms with E-state index in [0.717, 1.165) is 5.69 Å². The predicted molar refractivity (Wildman–Crippen MR) is 72.2 cm³/mol. The monoisotopic (exact) mass is 301 g/mol. The molecule has 2 aromatic rings. The number of carboxylic acids is 2. The second-order valence-electron chi connectivity index (χ2n) is 4.47. The summed E-state index contributed by atoms with van der Waals surface area (Å²) >= 11 is 0. The Balaban J connectivity index is 2.24. The summed E-state index contributed by atoms with van der Waals surface area (Å²) in [7, 11) is 3.78. The third-order valence-electron chi connectivity index (χ3n) is 2.72. The van der Waals surface area contributed by atoms with Gasteiger partial charge in [-0.2, -0.15) is 0 Å². The Bertz CT molecular complexity index is 702. The molecule has 0 aliphatic rings. The zero-order valence-corrected chi connectivity index (χ0v) is 11.7. The number of nitrogens with one attached hydrogen (secondary N) is 1. The van der Waals surface area contributed by atoms with Crippen molar-refractivity contribution in [2.75, 3.05) is 19.0 Å². The van der Waals surface area contributed by atoms with Crippen LogP contribution in [0.2, 0.25) is 0 Å². The molecule has 0 fully saturated rings. The van der Waals surface area contributed by atoms with Gasteiger partial charge in [-0.25, -0.2) is 4.98 Å². The highest BCUT2D eigenvalue weighted by molar-refractivity contribution is 5.97. The van der Waals surface area contributed by atoms with Gasteiger partial charge in [0.1, 0.15) is 5.69 Å². The minimum absolute atomic E-state index is 0.268. The van der Waals surface area contributed by atoms with Crippen molar-refractivity contribution in [2.45, 2.75) is 0 Å². The van der Waals surface area contributed by atoms with Crippen LogP contribution in [-0.4, -0.2) is 36.0 Å². The van der Waals surface area contributed by atoms with Gasteiger partial charge in [-0.3, -0.25) is 0 Å². The van der Waals surface area contributed by atoms with Crippen LogP contribution in [-0.2, 0) is 0 Å². The van der Waals surface area contributed by atoms with Gasteiger partial charge in [-0.05, 0) is 24.3 Å². The number of hydrogen-bond donors (Lipinski definition) is 1. The SMILES string of the molecule is CN(C)c1ccc(N=Nc2nc(C(=O)[O-])c(C(=O)[O-])[nH]2)cc1. The van der Waals surface area contributed by atoms with Gasteiger partial charge in [-0.1, -0.05) is 0 Å². The number of aromatic carboxylic acids is 2. The Kier molecular flexibility index (Phi) is 4.16. The number of azo groups is 1. The van der Waals surface area contributed by atoms with Crippen molar-refractivity contribution in [1.29, 1.82) is 0 Å². The van der Waals surface area contributed by atoms with Crippen molar-refractivity contribution in [3.8, 4) is 0 Å². The minimum Gasteiger partial charge on any atom is -0.543 e. The molecule has 22 heavy (non-hydrogen) atoms. The maximum absolute atomic E-state index is 10.8. The second-order valence-corrected chi connectivity index (χ2v) is 4.47. The van der Waals surface area contributed by atoms with Crippen LogP contribution in [0.3, 0.4) is 0 Å².